The largest absolute Gasteiger partial charge is 0.347 e. The molecule has 6 heteroatoms. The van der Waals surface area contributed by atoms with Crippen molar-refractivity contribution in [3.05, 3.63) is 35.4 Å². The van der Waals surface area contributed by atoms with E-state index in [1.165, 1.54) is 16.1 Å². The highest BCUT2D eigenvalue weighted by Gasteiger charge is 2.26. The van der Waals surface area contributed by atoms with Gasteiger partial charge in [0, 0.05) is 39.0 Å². The van der Waals surface area contributed by atoms with Crippen molar-refractivity contribution in [1.82, 2.24) is 15.2 Å². The summed E-state index contributed by atoms with van der Waals surface area (Å²) < 4.78 is 0. The lowest BCUT2D eigenvalue weighted by Gasteiger charge is -2.33. The van der Waals surface area contributed by atoms with E-state index in [9.17, 15) is 9.59 Å². The Morgan fingerprint density at radius 2 is 1.93 bits per heavy atom. The summed E-state index contributed by atoms with van der Waals surface area (Å²) in [5.41, 5.74) is 3.16. The van der Waals surface area contributed by atoms with Gasteiger partial charge in [-0.1, -0.05) is 38.1 Å². The first-order chi connectivity index (χ1) is 13.4. The molecule has 0 aromatic heterocycles. The Balaban J connectivity index is 1.52. The second kappa shape index (κ2) is 9.32. The van der Waals surface area contributed by atoms with Crippen LogP contribution in [-0.2, 0) is 22.6 Å². The topological polar surface area (TPSA) is 65.0 Å². The fourth-order valence-electron chi connectivity index (χ4n) is 3.93. The summed E-state index contributed by atoms with van der Waals surface area (Å²) in [7, 11) is 1.60. The lowest BCUT2D eigenvalue weighted by molar-refractivity contribution is -0.130. The van der Waals surface area contributed by atoms with E-state index in [0.29, 0.717) is 24.5 Å². The summed E-state index contributed by atoms with van der Waals surface area (Å²) in [5, 5.41) is 8.51. The van der Waals surface area contributed by atoms with Crippen LogP contribution in [0.2, 0.25) is 0 Å². The molecule has 2 aliphatic heterocycles. The summed E-state index contributed by atoms with van der Waals surface area (Å²) in [4.78, 5) is 26.4. The van der Waals surface area contributed by atoms with Crippen molar-refractivity contribution in [2.24, 2.45) is 11.0 Å². The number of hydrogen-bond donors (Lipinski definition) is 1. The van der Waals surface area contributed by atoms with Gasteiger partial charge in [-0.05, 0) is 42.9 Å². The Hall–Kier alpha value is -2.21. The number of hydrazone groups is 1. The number of nitrogens with one attached hydrogen (secondary N) is 1. The molecule has 1 unspecified atom stereocenters. The molecule has 1 aromatic carbocycles. The zero-order valence-corrected chi connectivity index (χ0v) is 17.3. The molecule has 1 atom stereocenters. The summed E-state index contributed by atoms with van der Waals surface area (Å²) in [6.45, 7) is 7.29. The molecule has 0 spiro atoms. The number of hydrogen-bond acceptors (Lipinski definition) is 4. The summed E-state index contributed by atoms with van der Waals surface area (Å²) in [6, 6.07) is 9.05. The van der Waals surface area contributed by atoms with Crippen LogP contribution in [0.1, 0.15) is 50.7 Å². The smallest absolute Gasteiger partial charge is 0.267 e. The lowest BCUT2D eigenvalue weighted by atomic mass is 10.0. The number of piperidine rings is 1. The third kappa shape index (κ3) is 5.64. The van der Waals surface area contributed by atoms with Crippen LogP contribution in [0.15, 0.2) is 29.4 Å². The SMILES string of the molecule is CC(C)Cc1ccc(CN2CCCC(NC(=O)C3=NN(C)C(=O)CC3)C2)cc1. The lowest BCUT2D eigenvalue weighted by Crippen LogP contribution is -2.49. The van der Waals surface area contributed by atoms with Gasteiger partial charge in [0.1, 0.15) is 5.71 Å². The van der Waals surface area contributed by atoms with Crippen LogP contribution >= 0.6 is 0 Å². The second-order valence-corrected chi connectivity index (χ2v) is 8.43. The Labute approximate surface area is 168 Å². The number of nitrogens with zero attached hydrogens (tertiary/aromatic N) is 3. The second-order valence-electron chi connectivity index (χ2n) is 8.43. The predicted molar refractivity (Wildman–Crippen MR) is 111 cm³/mol. The molecule has 1 N–H and O–H groups in total. The van der Waals surface area contributed by atoms with Gasteiger partial charge >= 0.3 is 0 Å². The van der Waals surface area contributed by atoms with E-state index in [1.807, 2.05) is 0 Å². The number of carbonyl (C=O) groups is 2. The van der Waals surface area contributed by atoms with Crippen LogP contribution in [0.4, 0.5) is 0 Å². The highest BCUT2D eigenvalue weighted by atomic mass is 16.2. The Morgan fingerprint density at radius 1 is 1.21 bits per heavy atom. The molecule has 28 heavy (non-hydrogen) atoms. The highest BCUT2D eigenvalue weighted by Crippen LogP contribution is 2.16. The molecule has 1 fully saturated rings. The molecule has 1 saturated heterocycles. The number of amides is 2. The van der Waals surface area contributed by atoms with E-state index in [0.717, 1.165) is 38.9 Å². The Bertz CT molecular complexity index is 727. The van der Waals surface area contributed by atoms with Gasteiger partial charge in [-0.25, -0.2) is 5.01 Å². The third-order valence-corrected chi connectivity index (χ3v) is 5.38. The fourth-order valence-corrected chi connectivity index (χ4v) is 3.93. The van der Waals surface area contributed by atoms with Crippen LogP contribution in [0, 0.1) is 5.92 Å². The van der Waals surface area contributed by atoms with Crippen molar-refractivity contribution in [2.75, 3.05) is 20.1 Å². The maximum absolute atomic E-state index is 12.5. The van der Waals surface area contributed by atoms with Crippen LogP contribution in [0.25, 0.3) is 0 Å². The van der Waals surface area contributed by atoms with E-state index in [2.05, 4.69) is 53.4 Å². The van der Waals surface area contributed by atoms with Crippen molar-refractivity contribution in [1.29, 1.82) is 0 Å². The first kappa shape index (κ1) is 20.5. The number of likely N-dealkylation sites (tertiary alicyclic amines) is 1. The van der Waals surface area contributed by atoms with Crippen molar-refractivity contribution in [3.63, 3.8) is 0 Å². The molecule has 2 amide bonds. The maximum Gasteiger partial charge on any atom is 0.267 e. The van der Waals surface area contributed by atoms with Crippen molar-refractivity contribution in [3.8, 4) is 0 Å². The molecule has 152 valence electrons. The van der Waals surface area contributed by atoms with E-state index in [4.69, 9.17) is 0 Å². The zero-order chi connectivity index (χ0) is 20.1. The Morgan fingerprint density at radius 3 is 2.61 bits per heavy atom. The van der Waals surface area contributed by atoms with E-state index in [-0.39, 0.29) is 17.9 Å². The molecule has 1 aromatic rings. The standard InChI is InChI=1S/C22H32N4O2/c1-16(2)13-17-6-8-18(9-7-17)14-26-12-4-5-19(15-26)23-22(28)20-10-11-21(27)25(3)24-20/h6-9,16,19H,4-5,10-15H2,1-3H3,(H,23,28). The normalized spacial score (nSPS) is 21.0. The quantitative estimate of drug-likeness (QED) is 0.820. The minimum Gasteiger partial charge on any atom is -0.347 e. The Kier molecular flexibility index (Phi) is 6.83. The van der Waals surface area contributed by atoms with Gasteiger partial charge in [0.05, 0.1) is 0 Å². The van der Waals surface area contributed by atoms with Crippen LogP contribution in [0.3, 0.4) is 0 Å². The summed E-state index contributed by atoms with van der Waals surface area (Å²) >= 11 is 0. The van der Waals surface area contributed by atoms with Crippen molar-refractivity contribution < 1.29 is 9.59 Å². The van der Waals surface area contributed by atoms with E-state index in [1.54, 1.807) is 7.05 Å². The first-order valence-corrected chi connectivity index (χ1v) is 10.4. The molecular weight excluding hydrogens is 352 g/mol. The number of benzene rings is 1. The monoisotopic (exact) mass is 384 g/mol. The molecule has 2 heterocycles. The summed E-state index contributed by atoms with van der Waals surface area (Å²) in [5.74, 6) is 0.494. The molecule has 0 bridgehead atoms. The minimum absolute atomic E-state index is 0.0418. The fraction of sp³-hybridized carbons (Fsp3) is 0.591. The van der Waals surface area contributed by atoms with Crippen LogP contribution in [-0.4, -0.2) is 53.6 Å². The van der Waals surface area contributed by atoms with Gasteiger partial charge in [-0.3, -0.25) is 14.5 Å². The van der Waals surface area contributed by atoms with Gasteiger partial charge in [-0.2, -0.15) is 5.10 Å². The molecule has 6 nitrogen and oxygen atoms in total. The summed E-state index contributed by atoms with van der Waals surface area (Å²) in [6.07, 6.45) is 3.95. The predicted octanol–water partition coefficient (Wildman–Crippen LogP) is 2.57. The van der Waals surface area contributed by atoms with Gasteiger partial charge in [0.25, 0.3) is 5.91 Å². The van der Waals surface area contributed by atoms with Gasteiger partial charge < -0.3 is 5.32 Å². The highest BCUT2D eigenvalue weighted by molar-refractivity contribution is 6.39. The van der Waals surface area contributed by atoms with Gasteiger partial charge in [0.2, 0.25) is 5.91 Å². The van der Waals surface area contributed by atoms with Gasteiger partial charge in [0.15, 0.2) is 0 Å². The van der Waals surface area contributed by atoms with Gasteiger partial charge in [-0.15, -0.1) is 0 Å². The van der Waals surface area contributed by atoms with Crippen molar-refractivity contribution >= 4 is 17.5 Å². The molecule has 3 rings (SSSR count). The minimum atomic E-state index is -0.135. The van der Waals surface area contributed by atoms with Crippen LogP contribution in [0.5, 0.6) is 0 Å². The molecule has 0 radical (unpaired) electrons. The molecular formula is C22H32N4O2. The number of rotatable bonds is 6. The average Bonchev–Trinajstić information content (AvgIpc) is 2.65. The van der Waals surface area contributed by atoms with Crippen molar-refractivity contribution in [2.45, 2.75) is 58.5 Å². The number of carbonyl (C=O) groups excluding carboxylic acids is 2. The molecule has 0 saturated carbocycles. The first-order valence-electron chi connectivity index (χ1n) is 10.4. The third-order valence-electron chi connectivity index (χ3n) is 5.38. The maximum atomic E-state index is 12.5. The van der Waals surface area contributed by atoms with E-state index >= 15 is 0 Å². The van der Waals surface area contributed by atoms with E-state index < -0.39 is 0 Å². The average molecular weight is 385 g/mol. The van der Waals surface area contributed by atoms with Crippen LogP contribution < -0.4 is 5.32 Å². The molecule has 2 aliphatic rings. The molecule has 0 aliphatic carbocycles. The zero-order valence-electron chi connectivity index (χ0n) is 17.3.